The van der Waals surface area contributed by atoms with Crippen LogP contribution in [0.15, 0.2) is 10.9 Å². The smallest absolute Gasteiger partial charge is 0.408 e. The molecule has 0 unspecified atom stereocenters. The van der Waals surface area contributed by atoms with Gasteiger partial charge in [-0.1, -0.05) is 19.4 Å². The van der Waals surface area contributed by atoms with Crippen LogP contribution in [-0.4, -0.2) is 40.7 Å². The lowest BCUT2D eigenvalue weighted by molar-refractivity contribution is 0.126. The Morgan fingerprint density at radius 2 is 1.25 bits per heavy atom. The first-order valence-corrected chi connectivity index (χ1v) is 7.94. The van der Waals surface area contributed by atoms with Crippen LogP contribution >= 0.6 is 0 Å². The molecule has 0 aliphatic carbocycles. The van der Waals surface area contributed by atoms with Gasteiger partial charge in [0.25, 0.3) is 0 Å². The Bertz CT molecular complexity index is 299. The average molecular weight is 280 g/mol. The Morgan fingerprint density at radius 1 is 0.850 bits per heavy atom. The van der Waals surface area contributed by atoms with E-state index in [-0.39, 0.29) is 14.2 Å². The van der Waals surface area contributed by atoms with Crippen molar-refractivity contribution < 1.29 is 18.6 Å². The minimum atomic E-state index is -0.299. The van der Waals surface area contributed by atoms with E-state index in [1.807, 2.05) is 0 Å². The molecule has 2 heterocycles. The normalized spacial score (nSPS) is 20.4. The highest BCUT2D eigenvalue weighted by Gasteiger charge is 2.41. The van der Waals surface area contributed by atoms with E-state index in [1.54, 1.807) is 0 Å². The minimum Gasteiger partial charge on any atom is -0.408 e. The predicted molar refractivity (Wildman–Crippen MR) is 81.3 cm³/mol. The fraction of sp³-hybridized carbons (Fsp3) is 0.857. The van der Waals surface area contributed by atoms with Crippen LogP contribution in [0.2, 0.25) is 0 Å². The molecule has 2 rings (SSSR count). The standard InChI is InChI=1S/C14H26B2O4/c1-4-13(5-2)12(3)14(15-17-8-6-9-18-15)16-19-10-7-11-20-16/h13H,4-11H2,1-3H3. The van der Waals surface area contributed by atoms with Gasteiger partial charge < -0.3 is 18.6 Å². The third-order valence-electron chi connectivity index (χ3n) is 4.22. The average Bonchev–Trinajstić information content (AvgIpc) is 2.51. The SMILES string of the molecule is CCC(CC)C(C)=C(B1OCCCO1)B1OCCCO1. The number of hydrogen-bond acceptors (Lipinski definition) is 4. The summed E-state index contributed by atoms with van der Waals surface area (Å²) < 4.78 is 23.3. The first kappa shape index (κ1) is 16.1. The van der Waals surface area contributed by atoms with E-state index in [1.165, 1.54) is 5.57 Å². The molecule has 2 aliphatic rings. The summed E-state index contributed by atoms with van der Waals surface area (Å²) in [6, 6.07) is 0. The van der Waals surface area contributed by atoms with E-state index in [0.717, 1.165) is 57.5 Å². The number of rotatable bonds is 5. The Kier molecular flexibility index (Phi) is 6.62. The maximum atomic E-state index is 5.81. The van der Waals surface area contributed by atoms with Gasteiger partial charge in [0.2, 0.25) is 0 Å². The fourth-order valence-corrected chi connectivity index (χ4v) is 2.95. The van der Waals surface area contributed by atoms with Crippen LogP contribution in [0.5, 0.6) is 0 Å². The molecule has 0 amide bonds. The second-order valence-electron chi connectivity index (χ2n) is 5.51. The van der Waals surface area contributed by atoms with Gasteiger partial charge in [0.05, 0.1) is 0 Å². The Hall–Kier alpha value is -0.290. The minimum absolute atomic E-state index is 0.299. The molecule has 0 bridgehead atoms. The Labute approximate surface area is 123 Å². The molecule has 6 heteroatoms. The molecule has 0 aromatic heterocycles. The zero-order valence-electron chi connectivity index (χ0n) is 13.0. The predicted octanol–water partition coefficient (Wildman–Crippen LogP) is 2.67. The van der Waals surface area contributed by atoms with Crippen LogP contribution in [0.1, 0.15) is 46.5 Å². The van der Waals surface area contributed by atoms with E-state index in [0.29, 0.717) is 5.92 Å². The van der Waals surface area contributed by atoms with Gasteiger partial charge in [0, 0.05) is 26.4 Å². The van der Waals surface area contributed by atoms with Crippen LogP contribution in [0, 0.1) is 5.92 Å². The third-order valence-corrected chi connectivity index (χ3v) is 4.22. The molecular weight excluding hydrogens is 254 g/mol. The molecule has 0 radical (unpaired) electrons. The third kappa shape index (κ3) is 3.88. The second kappa shape index (κ2) is 8.23. The van der Waals surface area contributed by atoms with Crippen molar-refractivity contribution in [3.8, 4) is 0 Å². The first-order chi connectivity index (χ1) is 9.77. The lowest BCUT2D eigenvalue weighted by Gasteiger charge is -2.30. The van der Waals surface area contributed by atoms with Crippen LogP contribution in [0.25, 0.3) is 0 Å². The highest BCUT2D eigenvalue weighted by Crippen LogP contribution is 2.28. The highest BCUT2D eigenvalue weighted by molar-refractivity contribution is 6.78. The van der Waals surface area contributed by atoms with Gasteiger partial charge in [-0.2, -0.15) is 0 Å². The zero-order chi connectivity index (χ0) is 14.4. The summed E-state index contributed by atoms with van der Waals surface area (Å²) in [6.45, 7) is 9.61. The van der Waals surface area contributed by atoms with Gasteiger partial charge in [-0.15, -0.1) is 0 Å². The molecule has 0 N–H and O–H groups in total. The molecule has 0 aromatic rings. The number of allylic oxidation sites excluding steroid dienone is 1. The molecule has 2 saturated heterocycles. The molecule has 20 heavy (non-hydrogen) atoms. The summed E-state index contributed by atoms with van der Waals surface area (Å²) in [5, 5.41) is 1.07. The van der Waals surface area contributed by atoms with Crippen molar-refractivity contribution in [3.63, 3.8) is 0 Å². The molecule has 0 atom stereocenters. The summed E-state index contributed by atoms with van der Waals surface area (Å²) in [5.41, 5.74) is 1.31. The second-order valence-corrected chi connectivity index (χ2v) is 5.51. The van der Waals surface area contributed by atoms with Crippen molar-refractivity contribution in [2.75, 3.05) is 26.4 Å². The molecular formula is C14H26B2O4. The molecule has 2 aliphatic heterocycles. The van der Waals surface area contributed by atoms with Gasteiger partial charge in [-0.25, -0.2) is 0 Å². The van der Waals surface area contributed by atoms with Crippen molar-refractivity contribution in [2.24, 2.45) is 5.92 Å². The summed E-state index contributed by atoms with van der Waals surface area (Å²) in [4.78, 5) is 0. The molecule has 4 nitrogen and oxygen atoms in total. The molecule has 0 aromatic carbocycles. The van der Waals surface area contributed by atoms with Gasteiger partial charge in [-0.05, 0) is 43.9 Å². The van der Waals surface area contributed by atoms with Crippen LogP contribution in [0.4, 0.5) is 0 Å². The van der Waals surface area contributed by atoms with E-state index in [2.05, 4.69) is 20.8 Å². The van der Waals surface area contributed by atoms with Crippen LogP contribution in [-0.2, 0) is 18.6 Å². The van der Waals surface area contributed by atoms with Crippen molar-refractivity contribution in [2.45, 2.75) is 46.5 Å². The van der Waals surface area contributed by atoms with Crippen molar-refractivity contribution in [1.29, 1.82) is 0 Å². The van der Waals surface area contributed by atoms with Crippen LogP contribution < -0.4 is 0 Å². The van der Waals surface area contributed by atoms with Gasteiger partial charge in [0.15, 0.2) is 0 Å². The van der Waals surface area contributed by atoms with E-state index >= 15 is 0 Å². The summed E-state index contributed by atoms with van der Waals surface area (Å²) >= 11 is 0. The Balaban J connectivity index is 2.23. The lowest BCUT2D eigenvalue weighted by Crippen LogP contribution is -2.44. The van der Waals surface area contributed by atoms with Gasteiger partial charge in [-0.3, -0.25) is 0 Å². The van der Waals surface area contributed by atoms with E-state index in [4.69, 9.17) is 18.6 Å². The van der Waals surface area contributed by atoms with Crippen LogP contribution in [0.3, 0.4) is 0 Å². The van der Waals surface area contributed by atoms with E-state index in [9.17, 15) is 0 Å². The molecule has 0 saturated carbocycles. The lowest BCUT2D eigenvalue weighted by atomic mass is 9.53. The number of hydrogen-bond donors (Lipinski definition) is 0. The summed E-state index contributed by atoms with van der Waals surface area (Å²) in [7, 11) is -0.597. The van der Waals surface area contributed by atoms with Gasteiger partial charge in [0.1, 0.15) is 0 Å². The fourth-order valence-electron chi connectivity index (χ4n) is 2.95. The van der Waals surface area contributed by atoms with Crippen molar-refractivity contribution in [1.82, 2.24) is 0 Å². The summed E-state index contributed by atoms with van der Waals surface area (Å²) in [6.07, 6.45) is 4.15. The Morgan fingerprint density at radius 3 is 1.60 bits per heavy atom. The molecule has 112 valence electrons. The van der Waals surface area contributed by atoms with Crippen molar-refractivity contribution >= 4 is 14.2 Å². The topological polar surface area (TPSA) is 36.9 Å². The van der Waals surface area contributed by atoms with Gasteiger partial charge >= 0.3 is 14.2 Å². The summed E-state index contributed by atoms with van der Waals surface area (Å²) in [5.74, 6) is 0.535. The van der Waals surface area contributed by atoms with Crippen molar-refractivity contribution in [3.05, 3.63) is 10.9 Å². The monoisotopic (exact) mass is 280 g/mol. The molecule has 2 fully saturated rings. The van der Waals surface area contributed by atoms with E-state index < -0.39 is 0 Å². The maximum Gasteiger partial charge on any atom is 0.485 e. The largest absolute Gasteiger partial charge is 0.485 e. The highest BCUT2D eigenvalue weighted by atomic mass is 16.6. The zero-order valence-corrected chi connectivity index (χ0v) is 13.0. The maximum absolute atomic E-state index is 5.81. The molecule has 0 spiro atoms. The quantitative estimate of drug-likeness (QED) is 0.725. The first-order valence-electron chi connectivity index (χ1n) is 7.94.